The minimum absolute atomic E-state index is 0.0675. The molecule has 0 aliphatic carbocycles. The number of piperidine rings is 2. The molecule has 0 radical (unpaired) electrons. The van der Waals surface area contributed by atoms with Crippen LogP contribution in [-0.4, -0.2) is 165 Å². The standard InChI is InChI=1S/C46H49FN10O6.2C2HF3O2/c47-29-4-10-40(58)36(21-29)37-23-39(42(48)51-50-37)55-25-32-5-6-33(26-55)56(32)31-3-1-2-27(20-31)24-52-16-18-54(19-17-52)44(61)28-12-14-53(15-13-28)30-7-8-34-35(22-30)46(63)57(45(34)62)38-9-11-41(59)49-43(38)60;2*3-2(4,5)1(6)7/h1-4,7-8,10,20-23,28,32-33,38,58H,5-6,9,11-19,24-26H2,(H2,48,51)(H,49,59,60);2*(H,6,7). The molecule has 77 heavy (non-hydrogen) atoms. The van der Waals surface area contributed by atoms with Crippen LogP contribution in [0.5, 0.6) is 5.75 Å². The number of nitrogens with zero attached hydrogens (tertiary/aromatic N) is 8. The van der Waals surface area contributed by atoms with Crippen molar-refractivity contribution in [3.63, 3.8) is 0 Å². The molecule has 10 rings (SSSR count). The predicted molar refractivity (Wildman–Crippen MR) is 259 cm³/mol. The van der Waals surface area contributed by atoms with Gasteiger partial charge in [-0.3, -0.25) is 39.1 Å². The van der Waals surface area contributed by atoms with E-state index < -0.39 is 59.8 Å². The van der Waals surface area contributed by atoms with E-state index in [0.29, 0.717) is 50.5 Å². The number of amides is 5. The highest BCUT2D eigenvalue weighted by atomic mass is 19.4. The van der Waals surface area contributed by atoms with E-state index in [9.17, 15) is 59.8 Å². The number of hydrogen-bond donors (Lipinski definition) is 5. The molecule has 2 bridgehead atoms. The molecule has 20 nitrogen and oxygen atoms in total. The molecule has 27 heteroatoms. The zero-order valence-corrected chi connectivity index (χ0v) is 40.8. The monoisotopic (exact) mass is 1080 g/mol. The Kier molecular flexibility index (Phi) is 15.9. The SMILES string of the molecule is Nc1nnc(-c2cc(F)ccc2O)cc1N1CC2CCC(C1)N2c1cccc(CN2CCN(C(=O)C3CCN(c4ccc5c(c4)C(=O)N(C4CCC(=O)NC4=O)C5=O)CC3)CC2)c1.O=C(O)C(F)(F)F.O=C(O)C(F)(F)F. The molecule has 7 heterocycles. The van der Waals surface area contributed by atoms with Crippen LogP contribution in [0.2, 0.25) is 0 Å². The van der Waals surface area contributed by atoms with Crippen LogP contribution in [0.1, 0.15) is 64.8 Å². The Hall–Kier alpha value is -8.10. The van der Waals surface area contributed by atoms with Crippen LogP contribution in [0.25, 0.3) is 11.3 Å². The van der Waals surface area contributed by atoms with Crippen LogP contribution in [-0.2, 0) is 30.5 Å². The van der Waals surface area contributed by atoms with Gasteiger partial charge < -0.3 is 40.7 Å². The van der Waals surface area contributed by atoms with Crippen LogP contribution >= 0.6 is 0 Å². The molecule has 4 aromatic rings. The van der Waals surface area contributed by atoms with Crippen LogP contribution in [0.3, 0.4) is 0 Å². The number of phenolic OH excluding ortho intramolecular Hbond substituents is 1. The second-order valence-corrected chi connectivity index (χ2v) is 19.2. The first-order valence-corrected chi connectivity index (χ1v) is 24.3. The average Bonchev–Trinajstić information content (AvgIpc) is 3.85. The Morgan fingerprint density at radius 1 is 0.688 bits per heavy atom. The van der Waals surface area contributed by atoms with Gasteiger partial charge in [-0.2, -0.15) is 26.3 Å². The quantitative estimate of drug-likeness (QED) is 0.119. The third-order valence-electron chi connectivity index (χ3n) is 14.3. The molecule has 0 spiro atoms. The van der Waals surface area contributed by atoms with Crippen molar-refractivity contribution in [2.45, 2.75) is 75.5 Å². The number of carboxylic acid groups (broad SMARTS) is 2. The first kappa shape index (κ1) is 55.1. The highest BCUT2D eigenvalue weighted by Crippen LogP contribution is 2.40. The second kappa shape index (κ2) is 22.2. The van der Waals surface area contributed by atoms with E-state index in [1.165, 1.54) is 29.4 Å². The Morgan fingerprint density at radius 2 is 1.31 bits per heavy atom. The number of carboxylic acids is 2. The molecule has 410 valence electrons. The number of imide groups is 2. The highest BCUT2D eigenvalue weighted by molar-refractivity contribution is 6.23. The molecule has 1 aromatic heterocycles. The number of halogens is 7. The zero-order valence-electron chi connectivity index (χ0n) is 40.8. The summed E-state index contributed by atoms with van der Waals surface area (Å²) < 4.78 is 77.5. The van der Waals surface area contributed by atoms with Gasteiger partial charge in [0.2, 0.25) is 17.7 Å². The van der Waals surface area contributed by atoms with Gasteiger partial charge in [-0.25, -0.2) is 14.0 Å². The lowest BCUT2D eigenvalue weighted by Crippen LogP contribution is -2.54. The summed E-state index contributed by atoms with van der Waals surface area (Å²) >= 11 is 0. The minimum atomic E-state index is -5.08. The maximum absolute atomic E-state index is 14.1. The number of aromatic hydroxyl groups is 1. The summed E-state index contributed by atoms with van der Waals surface area (Å²) in [5.74, 6) is -7.76. The molecule has 0 saturated carbocycles. The Labute approximate surface area is 433 Å². The molecule has 3 unspecified atom stereocenters. The van der Waals surface area contributed by atoms with E-state index >= 15 is 0 Å². The minimum Gasteiger partial charge on any atom is -0.507 e. The topological polar surface area (TPSA) is 263 Å². The largest absolute Gasteiger partial charge is 0.507 e. The van der Waals surface area contributed by atoms with Crippen LogP contribution < -0.4 is 25.8 Å². The van der Waals surface area contributed by atoms with Crippen molar-refractivity contribution in [1.82, 2.24) is 30.2 Å². The highest BCUT2D eigenvalue weighted by Gasteiger charge is 2.46. The summed E-state index contributed by atoms with van der Waals surface area (Å²) in [7, 11) is 0. The number of hydrogen-bond acceptors (Lipinski definition) is 15. The molecule has 5 amide bonds. The normalized spacial score (nSPS) is 21.0. The number of nitrogens with two attached hydrogens (primary N) is 1. The molecule has 3 atom stereocenters. The number of anilines is 4. The molecule has 5 fully saturated rings. The fraction of sp³-hybridized carbons (Fsp3) is 0.420. The molecular formula is C50H51F7N10O10. The zero-order chi connectivity index (χ0) is 55.7. The number of benzene rings is 3. The Balaban J connectivity index is 0.000000496. The molecule has 6 aliphatic rings. The lowest BCUT2D eigenvalue weighted by Gasteiger charge is -2.43. The van der Waals surface area contributed by atoms with Gasteiger partial charge in [0, 0.05) is 100 Å². The predicted octanol–water partition coefficient (Wildman–Crippen LogP) is 4.66. The third kappa shape index (κ3) is 12.3. The molecular weight excluding hydrogens is 1030 g/mol. The second-order valence-electron chi connectivity index (χ2n) is 19.2. The van der Waals surface area contributed by atoms with Crippen molar-refractivity contribution in [3.8, 4) is 17.0 Å². The number of aromatic nitrogens is 2. The van der Waals surface area contributed by atoms with Crippen molar-refractivity contribution < 1.29 is 79.6 Å². The number of fused-ring (bicyclic) bond motifs is 3. The summed E-state index contributed by atoms with van der Waals surface area (Å²) in [6.45, 7) is 6.46. The van der Waals surface area contributed by atoms with Gasteiger partial charge in [0.25, 0.3) is 11.8 Å². The molecule has 6 N–H and O–H groups in total. The van der Waals surface area contributed by atoms with E-state index in [4.69, 9.17) is 25.5 Å². The van der Waals surface area contributed by atoms with Crippen molar-refractivity contribution in [2.75, 3.05) is 72.8 Å². The Bertz CT molecular complexity index is 2930. The van der Waals surface area contributed by atoms with Gasteiger partial charge in [0.1, 0.15) is 17.6 Å². The van der Waals surface area contributed by atoms with Crippen molar-refractivity contribution in [3.05, 3.63) is 89.2 Å². The summed E-state index contributed by atoms with van der Waals surface area (Å²) in [4.78, 5) is 94.5. The summed E-state index contributed by atoms with van der Waals surface area (Å²) in [6, 6.07) is 19.0. The van der Waals surface area contributed by atoms with Gasteiger partial charge in [0.15, 0.2) is 5.82 Å². The number of carbonyl (C=O) groups excluding carboxylic acids is 5. The van der Waals surface area contributed by atoms with Gasteiger partial charge in [-0.1, -0.05) is 12.1 Å². The van der Waals surface area contributed by atoms with Gasteiger partial charge >= 0.3 is 24.3 Å². The average molecular weight is 1090 g/mol. The van der Waals surface area contributed by atoms with Crippen molar-refractivity contribution >= 4 is 64.4 Å². The summed E-state index contributed by atoms with van der Waals surface area (Å²) in [5.41, 5.74) is 11.4. The third-order valence-corrected chi connectivity index (χ3v) is 14.3. The number of nitrogen functional groups attached to an aromatic ring is 1. The van der Waals surface area contributed by atoms with Crippen LogP contribution in [0.15, 0.2) is 66.7 Å². The fourth-order valence-electron chi connectivity index (χ4n) is 10.5. The maximum Gasteiger partial charge on any atom is 0.490 e. The number of rotatable bonds is 8. The van der Waals surface area contributed by atoms with Crippen LogP contribution in [0.4, 0.5) is 53.6 Å². The smallest absolute Gasteiger partial charge is 0.490 e. The number of carbonyl (C=O) groups is 7. The van der Waals surface area contributed by atoms with E-state index in [-0.39, 0.29) is 59.2 Å². The lowest BCUT2D eigenvalue weighted by atomic mass is 9.94. The van der Waals surface area contributed by atoms with E-state index in [0.717, 1.165) is 61.8 Å². The number of alkyl halides is 6. The van der Waals surface area contributed by atoms with E-state index in [1.54, 1.807) is 18.2 Å². The maximum atomic E-state index is 14.1. The number of piperazine rings is 2. The Morgan fingerprint density at radius 3 is 1.92 bits per heavy atom. The number of phenols is 1. The van der Waals surface area contributed by atoms with Gasteiger partial charge in [-0.15, -0.1) is 10.2 Å². The van der Waals surface area contributed by atoms with Gasteiger partial charge in [-0.05, 0) is 92.3 Å². The van der Waals surface area contributed by atoms with E-state index in [2.05, 4.69) is 59.4 Å². The fourth-order valence-corrected chi connectivity index (χ4v) is 10.5. The molecule has 3 aromatic carbocycles. The first-order valence-electron chi connectivity index (χ1n) is 24.3. The van der Waals surface area contributed by atoms with Crippen LogP contribution in [0, 0.1) is 11.7 Å². The van der Waals surface area contributed by atoms with Crippen molar-refractivity contribution in [2.24, 2.45) is 5.92 Å². The van der Waals surface area contributed by atoms with E-state index in [1.807, 2.05) is 11.0 Å². The first-order chi connectivity index (χ1) is 36.4. The number of aliphatic carboxylic acids is 2. The van der Waals surface area contributed by atoms with Crippen molar-refractivity contribution in [1.29, 1.82) is 0 Å². The number of nitrogens with one attached hydrogen (secondary N) is 1. The van der Waals surface area contributed by atoms with Gasteiger partial charge in [0.05, 0.1) is 22.5 Å². The summed E-state index contributed by atoms with van der Waals surface area (Å²) in [6.07, 6.45) is -6.54. The lowest BCUT2D eigenvalue weighted by molar-refractivity contribution is -0.193. The molecule has 6 aliphatic heterocycles. The molecule has 5 saturated heterocycles. The summed E-state index contributed by atoms with van der Waals surface area (Å²) in [5, 5.41) is 35.2.